The summed E-state index contributed by atoms with van der Waals surface area (Å²) in [6.07, 6.45) is 4.89. The van der Waals surface area contributed by atoms with Gasteiger partial charge in [0.15, 0.2) is 12.2 Å². The van der Waals surface area contributed by atoms with Gasteiger partial charge in [-0.05, 0) is 48.7 Å². The second-order valence-electron chi connectivity index (χ2n) is 5.97. The molecular weight excluding hydrogens is 342 g/mol. The van der Waals surface area contributed by atoms with E-state index in [0.717, 1.165) is 25.2 Å². The zero-order chi connectivity index (χ0) is 19.2. The van der Waals surface area contributed by atoms with Crippen LogP contribution in [0.1, 0.15) is 28.9 Å². The lowest BCUT2D eigenvalue weighted by molar-refractivity contribution is 0.288. The Morgan fingerprint density at radius 2 is 2.04 bits per heavy atom. The molecule has 1 aromatic heterocycles. The van der Waals surface area contributed by atoms with Gasteiger partial charge in [-0.25, -0.2) is 4.98 Å². The molecule has 1 aliphatic rings. The Kier molecular flexibility index (Phi) is 5.38. The minimum atomic E-state index is 0.178. The summed E-state index contributed by atoms with van der Waals surface area (Å²) < 4.78 is 10.4. The highest BCUT2D eigenvalue weighted by Gasteiger charge is 2.11. The van der Waals surface area contributed by atoms with Gasteiger partial charge in [0, 0.05) is 16.9 Å². The number of oxazole rings is 1. The fraction of sp³-hybridized carbons (Fsp3) is 0.150. The topological polar surface area (TPSA) is 135 Å². The van der Waals surface area contributed by atoms with Crippen molar-refractivity contribution in [2.24, 2.45) is 0 Å². The van der Waals surface area contributed by atoms with E-state index in [1.54, 1.807) is 18.2 Å². The molecule has 136 valence electrons. The lowest BCUT2D eigenvalue weighted by atomic mass is 10.0. The Hall–Kier alpha value is -3.79. The maximum atomic E-state index is 8.63. The van der Waals surface area contributed by atoms with Crippen LogP contribution in [0.3, 0.4) is 0 Å². The summed E-state index contributed by atoms with van der Waals surface area (Å²) in [7, 11) is 0. The zero-order valence-electron chi connectivity index (χ0n) is 14.6. The molecule has 0 aliphatic carbocycles. The van der Waals surface area contributed by atoms with E-state index in [0.29, 0.717) is 28.3 Å². The van der Waals surface area contributed by atoms with E-state index in [9.17, 15) is 0 Å². The first kappa shape index (κ1) is 18.0. The third-order valence-electron chi connectivity index (χ3n) is 4.07. The van der Waals surface area contributed by atoms with Crippen LogP contribution in [-0.4, -0.2) is 17.3 Å². The van der Waals surface area contributed by atoms with E-state index in [2.05, 4.69) is 11.1 Å². The summed E-state index contributed by atoms with van der Waals surface area (Å²) in [4.78, 5) is 3.74. The number of nitrogen functional groups attached to an aromatic ring is 2. The molecule has 0 bridgehead atoms. The molecule has 27 heavy (non-hydrogen) atoms. The fourth-order valence-corrected chi connectivity index (χ4v) is 2.67. The molecule has 2 aromatic carbocycles. The van der Waals surface area contributed by atoms with E-state index >= 15 is 0 Å². The molecular formula is C20H19N5O2. The number of fused-ring (bicyclic) bond motifs is 1. The second-order valence-corrected chi connectivity index (χ2v) is 5.97. The number of nitriles is 1. The molecule has 0 saturated heterocycles. The van der Waals surface area contributed by atoms with Gasteiger partial charge >= 0.3 is 0 Å². The van der Waals surface area contributed by atoms with Crippen LogP contribution in [0.25, 0.3) is 0 Å². The number of hydrogen-bond acceptors (Lipinski definition) is 7. The zero-order valence-corrected chi connectivity index (χ0v) is 14.6. The van der Waals surface area contributed by atoms with Crippen molar-refractivity contribution in [2.45, 2.75) is 12.8 Å². The molecule has 5 N–H and O–H groups in total. The number of nitrogens with zero attached hydrogens (tertiary/aromatic N) is 2. The van der Waals surface area contributed by atoms with Crippen molar-refractivity contribution in [1.82, 2.24) is 4.98 Å². The normalized spacial score (nSPS) is 12.0. The molecule has 0 atom stereocenters. The van der Waals surface area contributed by atoms with Gasteiger partial charge in [0.05, 0.1) is 24.4 Å². The number of aryl methyl sites for hydroxylation is 1. The minimum Gasteiger partial charge on any atom is -0.493 e. The van der Waals surface area contributed by atoms with Gasteiger partial charge in [-0.15, -0.1) is 0 Å². The highest BCUT2D eigenvalue weighted by Crippen LogP contribution is 2.25. The monoisotopic (exact) mass is 361 g/mol. The Morgan fingerprint density at radius 1 is 1.19 bits per heavy atom. The first-order valence-corrected chi connectivity index (χ1v) is 8.37. The molecule has 3 aromatic rings. The molecule has 0 unspecified atom stereocenters. The van der Waals surface area contributed by atoms with Crippen LogP contribution in [0.15, 0.2) is 53.4 Å². The van der Waals surface area contributed by atoms with Crippen LogP contribution >= 0.6 is 0 Å². The van der Waals surface area contributed by atoms with Crippen LogP contribution in [0.5, 0.6) is 5.75 Å². The smallest absolute Gasteiger partial charge is 0.181 e. The molecule has 7 nitrogen and oxygen atoms in total. The summed E-state index contributed by atoms with van der Waals surface area (Å²) in [6, 6.07) is 12.7. The first-order valence-electron chi connectivity index (χ1n) is 8.37. The van der Waals surface area contributed by atoms with Gasteiger partial charge in [-0.3, -0.25) is 5.41 Å². The van der Waals surface area contributed by atoms with Crippen LogP contribution in [0.2, 0.25) is 0 Å². The fourth-order valence-electron chi connectivity index (χ4n) is 2.67. The number of hydrogen-bond donors (Lipinski definition) is 3. The van der Waals surface area contributed by atoms with E-state index in [1.165, 1.54) is 18.2 Å². The van der Waals surface area contributed by atoms with Gasteiger partial charge in [0.1, 0.15) is 11.5 Å². The molecule has 0 spiro atoms. The molecule has 1 aliphatic heterocycles. The van der Waals surface area contributed by atoms with Crippen LogP contribution in [0, 0.1) is 16.7 Å². The van der Waals surface area contributed by atoms with Gasteiger partial charge in [-0.1, -0.05) is 6.07 Å². The summed E-state index contributed by atoms with van der Waals surface area (Å²) >= 11 is 0. The van der Waals surface area contributed by atoms with Crippen molar-refractivity contribution in [3.05, 3.63) is 71.4 Å². The van der Waals surface area contributed by atoms with Crippen molar-refractivity contribution in [2.75, 3.05) is 18.1 Å². The number of nitrogens with one attached hydrogen (secondary N) is 1. The standard InChI is InChI=1S/C10H10N4O.C10H9NO/c11-6-1-2-8(12)7(3-6)10(13)9-4-14-5-15-9;11-7-8-3-4-9-2-1-5-12-10(9)6-8/h1-5,13H,11-12H2;3-4,6H,1-2,5H2. The molecule has 7 heteroatoms. The summed E-state index contributed by atoms with van der Waals surface area (Å²) in [5.74, 6) is 1.26. The lowest BCUT2D eigenvalue weighted by Crippen LogP contribution is -2.08. The maximum absolute atomic E-state index is 8.63. The molecule has 0 radical (unpaired) electrons. The average Bonchev–Trinajstić information content (AvgIpc) is 3.24. The summed E-state index contributed by atoms with van der Waals surface area (Å²) in [6.45, 7) is 0.780. The number of ether oxygens (including phenoxy) is 1. The predicted molar refractivity (Wildman–Crippen MR) is 103 cm³/mol. The van der Waals surface area contributed by atoms with Gasteiger partial charge in [0.25, 0.3) is 0 Å². The van der Waals surface area contributed by atoms with Gasteiger partial charge in [0.2, 0.25) is 0 Å². The Labute approximate surface area is 156 Å². The van der Waals surface area contributed by atoms with Crippen LogP contribution < -0.4 is 16.2 Å². The molecule has 0 saturated carbocycles. The number of anilines is 2. The van der Waals surface area contributed by atoms with E-state index < -0.39 is 0 Å². The van der Waals surface area contributed by atoms with Crippen LogP contribution in [-0.2, 0) is 6.42 Å². The molecule has 2 heterocycles. The van der Waals surface area contributed by atoms with E-state index in [1.807, 2.05) is 18.2 Å². The van der Waals surface area contributed by atoms with Gasteiger partial charge in [-0.2, -0.15) is 5.26 Å². The quantitative estimate of drug-likeness (QED) is 0.474. The predicted octanol–water partition coefficient (Wildman–Crippen LogP) is 3.14. The van der Waals surface area contributed by atoms with Crippen molar-refractivity contribution in [3.63, 3.8) is 0 Å². The third-order valence-corrected chi connectivity index (χ3v) is 4.07. The Morgan fingerprint density at radius 3 is 2.78 bits per heavy atom. The largest absolute Gasteiger partial charge is 0.493 e. The van der Waals surface area contributed by atoms with Crippen molar-refractivity contribution in [3.8, 4) is 11.8 Å². The van der Waals surface area contributed by atoms with Crippen molar-refractivity contribution in [1.29, 1.82) is 10.7 Å². The van der Waals surface area contributed by atoms with Crippen molar-refractivity contribution >= 4 is 17.1 Å². The Balaban J connectivity index is 0.000000159. The maximum Gasteiger partial charge on any atom is 0.181 e. The SMILES string of the molecule is N#Cc1ccc2c(c1)OCCC2.N=C(c1cnco1)c1cc(N)ccc1N. The summed E-state index contributed by atoms with van der Waals surface area (Å²) in [5, 5.41) is 16.5. The lowest BCUT2D eigenvalue weighted by Gasteiger charge is -2.16. The number of benzene rings is 2. The average molecular weight is 361 g/mol. The Bertz CT molecular complexity index is 990. The molecule has 0 fully saturated rings. The minimum absolute atomic E-state index is 0.178. The van der Waals surface area contributed by atoms with Crippen molar-refractivity contribution < 1.29 is 9.15 Å². The van der Waals surface area contributed by atoms with E-state index in [4.69, 9.17) is 31.3 Å². The summed E-state index contributed by atoms with van der Waals surface area (Å²) in [5.41, 5.74) is 15.0. The van der Waals surface area contributed by atoms with Crippen LogP contribution in [0.4, 0.5) is 11.4 Å². The highest BCUT2D eigenvalue weighted by atomic mass is 16.5. The van der Waals surface area contributed by atoms with E-state index in [-0.39, 0.29) is 5.71 Å². The molecule has 4 rings (SSSR count). The molecule has 0 amide bonds. The number of nitrogens with two attached hydrogens (primary N) is 2. The highest BCUT2D eigenvalue weighted by molar-refractivity contribution is 6.12. The number of aromatic nitrogens is 1. The second kappa shape index (κ2) is 8.06. The third kappa shape index (κ3) is 4.25. The first-order chi connectivity index (χ1) is 13.1. The van der Waals surface area contributed by atoms with Gasteiger partial charge < -0.3 is 20.6 Å². The number of rotatable bonds is 2.